The van der Waals surface area contributed by atoms with Crippen LogP contribution in [0, 0.1) is 12.3 Å². The van der Waals surface area contributed by atoms with Crippen molar-refractivity contribution in [2.45, 2.75) is 65.3 Å². The summed E-state index contributed by atoms with van der Waals surface area (Å²) in [5, 5.41) is 13.1. The zero-order valence-corrected chi connectivity index (χ0v) is 19.6. The molecule has 2 unspecified atom stereocenters. The molecule has 3 rings (SSSR count). The zero-order chi connectivity index (χ0) is 22.9. The van der Waals surface area contributed by atoms with Gasteiger partial charge in [-0.25, -0.2) is 4.98 Å². The van der Waals surface area contributed by atoms with Crippen LogP contribution in [-0.2, 0) is 9.59 Å². The van der Waals surface area contributed by atoms with Gasteiger partial charge < -0.3 is 21.1 Å². The Bertz CT molecular complexity index is 935. The van der Waals surface area contributed by atoms with Crippen LogP contribution < -0.4 is 11.1 Å². The standard InChI is InChI=1S/C23H32N4O3S/c1-13(15-6-8-16(9-7-15)19-14(2)25-12-31-19)26-21(29)18-10-17(28)11-27(18)22(30)20(24)23(3,4)5/h6-9,12-13,17-18,20,28H,10-11,24H2,1-5H3,(H,26,29)/t13?,17-,18-,20?/m0/s1. The number of hydrogen-bond acceptors (Lipinski definition) is 6. The molecule has 0 aliphatic carbocycles. The van der Waals surface area contributed by atoms with Crippen molar-refractivity contribution in [3.63, 3.8) is 0 Å². The van der Waals surface area contributed by atoms with Gasteiger partial charge >= 0.3 is 0 Å². The molecule has 1 saturated heterocycles. The van der Waals surface area contributed by atoms with E-state index in [4.69, 9.17) is 5.73 Å². The number of carbonyl (C=O) groups excluding carboxylic acids is 2. The molecule has 31 heavy (non-hydrogen) atoms. The van der Waals surface area contributed by atoms with E-state index in [1.165, 1.54) is 4.90 Å². The summed E-state index contributed by atoms with van der Waals surface area (Å²) in [6.07, 6.45) is -0.519. The second kappa shape index (κ2) is 9.06. The van der Waals surface area contributed by atoms with Crippen molar-refractivity contribution >= 4 is 23.2 Å². The number of aromatic nitrogens is 1. The highest BCUT2D eigenvalue weighted by atomic mass is 32.1. The molecule has 2 amide bonds. The van der Waals surface area contributed by atoms with E-state index in [-0.39, 0.29) is 30.8 Å². The predicted molar refractivity (Wildman–Crippen MR) is 122 cm³/mol. The van der Waals surface area contributed by atoms with Crippen molar-refractivity contribution in [2.75, 3.05) is 6.54 Å². The first-order chi connectivity index (χ1) is 14.5. The Kier molecular flexibility index (Phi) is 6.83. The van der Waals surface area contributed by atoms with Crippen molar-refractivity contribution < 1.29 is 14.7 Å². The quantitative estimate of drug-likeness (QED) is 0.657. The summed E-state index contributed by atoms with van der Waals surface area (Å²) in [6, 6.07) is 6.32. The fourth-order valence-corrected chi connectivity index (χ4v) is 4.56. The second-order valence-corrected chi connectivity index (χ2v) is 10.2. The summed E-state index contributed by atoms with van der Waals surface area (Å²) in [4.78, 5) is 32.7. The van der Waals surface area contributed by atoms with E-state index in [9.17, 15) is 14.7 Å². The average Bonchev–Trinajstić information content (AvgIpc) is 3.31. The third-order valence-corrected chi connectivity index (χ3v) is 6.82. The molecule has 8 heteroatoms. The molecular formula is C23H32N4O3S. The Balaban J connectivity index is 1.69. The number of hydrogen-bond donors (Lipinski definition) is 3. The van der Waals surface area contributed by atoms with Crippen LogP contribution in [0.15, 0.2) is 29.8 Å². The van der Waals surface area contributed by atoms with E-state index in [0.717, 1.165) is 21.7 Å². The maximum absolute atomic E-state index is 13.0. The Morgan fingerprint density at radius 2 is 1.94 bits per heavy atom. The molecule has 2 aromatic rings. The van der Waals surface area contributed by atoms with Gasteiger partial charge in [0.05, 0.1) is 34.3 Å². The number of carbonyl (C=O) groups is 2. The largest absolute Gasteiger partial charge is 0.391 e. The molecule has 1 fully saturated rings. The third-order valence-electron chi connectivity index (χ3n) is 5.84. The number of aryl methyl sites for hydroxylation is 1. The Hall–Kier alpha value is -2.29. The topological polar surface area (TPSA) is 109 Å². The summed E-state index contributed by atoms with van der Waals surface area (Å²) in [6.45, 7) is 9.67. The van der Waals surface area contributed by atoms with E-state index >= 15 is 0 Å². The highest BCUT2D eigenvalue weighted by molar-refractivity contribution is 7.13. The Labute approximate surface area is 187 Å². The van der Waals surface area contributed by atoms with Gasteiger partial charge in [-0.1, -0.05) is 45.0 Å². The molecule has 7 nitrogen and oxygen atoms in total. The zero-order valence-electron chi connectivity index (χ0n) is 18.8. The summed E-state index contributed by atoms with van der Waals surface area (Å²) >= 11 is 1.60. The predicted octanol–water partition coefficient (Wildman–Crippen LogP) is 2.63. The first-order valence-corrected chi connectivity index (χ1v) is 11.4. The lowest BCUT2D eigenvalue weighted by Gasteiger charge is -2.32. The lowest BCUT2D eigenvalue weighted by atomic mass is 9.86. The third kappa shape index (κ3) is 5.14. The minimum absolute atomic E-state index is 0.123. The molecule has 1 aromatic heterocycles. The van der Waals surface area contributed by atoms with Gasteiger partial charge in [-0.15, -0.1) is 11.3 Å². The van der Waals surface area contributed by atoms with Crippen molar-refractivity contribution in [3.05, 3.63) is 41.0 Å². The van der Waals surface area contributed by atoms with Gasteiger partial charge in [-0.05, 0) is 30.4 Å². The molecule has 4 atom stereocenters. The number of benzene rings is 1. The number of aliphatic hydroxyl groups excluding tert-OH is 1. The van der Waals surface area contributed by atoms with Gasteiger partial charge in [0.1, 0.15) is 6.04 Å². The maximum atomic E-state index is 13.0. The van der Waals surface area contributed by atoms with E-state index in [2.05, 4.69) is 10.3 Å². The Morgan fingerprint density at radius 3 is 2.48 bits per heavy atom. The number of amides is 2. The minimum atomic E-state index is -0.742. The lowest BCUT2D eigenvalue weighted by molar-refractivity contribution is -0.141. The van der Waals surface area contributed by atoms with E-state index in [0.29, 0.717) is 0 Å². The highest BCUT2D eigenvalue weighted by Crippen LogP contribution is 2.29. The summed E-state index contributed by atoms with van der Waals surface area (Å²) in [5.74, 6) is -0.581. The molecule has 4 N–H and O–H groups in total. The van der Waals surface area contributed by atoms with Gasteiger partial charge in [0.2, 0.25) is 11.8 Å². The van der Waals surface area contributed by atoms with Crippen molar-refractivity contribution in [2.24, 2.45) is 11.1 Å². The van der Waals surface area contributed by atoms with Crippen LogP contribution in [0.4, 0.5) is 0 Å². The van der Waals surface area contributed by atoms with Crippen molar-refractivity contribution in [1.82, 2.24) is 15.2 Å². The van der Waals surface area contributed by atoms with Crippen LogP contribution in [-0.4, -0.2) is 51.5 Å². The molecular weight excluding hydrogens is 412 g/mol. The van der Waals surface area contributed by atoms with Crippen molar-refractivity contribution in [3.8, 4) is 10.4 Å². The van der Waals surface area contributed by atoms with Crippen LogP contribution in [0.3, 0.4) is 0 Å². The van der Waals surface area contributed by atoms with Gasteiger partial charge in [-0.2, -0.15) is 0 Å². The summed E-state index contributed by atoms with van der Waals surface area (Å²) < 4.78 is 0. The van der Waals surface area contributed by atoms with E-state index in [1.807, 2.05) is 64.4 Å². The average molecular weight is 445 g/mol. The van der Waals surface area contributed by atoms with Gasteiger partial charge in [-0.3, -0.25) is 9.59 Å². The van der Waals surface area contributed by atoms with Crippen LogP contribution in [0.2, 0.25) is 0 Å². The van der Waals surface area contributed by atoms with Crippen LogP contribution in [0.1, 0.15) is 51.4 Å². The number of thiazole rings is 1. The summed E-state index contributed by atoms with van der Waals surface area (Å²) in [5.41, 5.74) is 10.6. The maximum Gasteiger partial charge on any atom is 0.243 e. The number of nitrogens with one attached hydrogen (secondary N) is 1. The van der Waals surface area contributed by atoms with Crippen LogP contribution >= 0.6 is 11.3 Å². The number of likely N-dealkylation sites (tertiary alicyclic amines) is 1. The second-order valence-electron chi connectivity index (χ2n) is 9.36. The summed E-state index contributed by atoms with van der Waals surface area (Å²) in [7, 11) is 0. The lowest BCUT2D eigenvalue weighted by Crippen LogP contribution is -2.55. The molecule has 168 valence electrons. The van der Waals surface area contributed by atoms with Crippen molar-refractivity contribution in [1.29, 1.82) is 0 Å². The smallest absolute Gasteiger partial charge is 0.243 e. The first kappa shape index (κ1) is 23.4. The molecule has 2 heterocycles. The minimum Gasteiger partial charge on any atom is -0.391 e. The number of β-amino-alcohol motifs (C(OH)–C–C–N with tert-alkyl or cyclic N) is 1. The number of aliphatic hydroxyl groups is 1. The van der Waals surface area contributed by atoms with Gasteiger partial charge in [0, 0.05) is 13.0 Å². The van der Waals surface area contributed by atoms with Crippen LogP contribution in [0.5, 0.6) is 0 Å². The number of nitrogens with two attached hydrogens (primary N) is 1. The van der Waals surface area contributed by atoms with Gasteiger partial charge in [0.15, 0.2) is 0 Å². The fraction of sp³-hybridized carbons (Fsp3) is 0.522. The molecule has 0 bridgehead atoms. The molecule has 1 aromatic carbocycles. The molecule has 0 radical (unpaired) electrons. The highest BCUT2D eigenvalue weighted by Gasteiger charge is 2.42. The van der Waals surface area contributed by atoms with Gasteiger partial charge in [0.25, 0.3) is 0 Å². The van der Waals surface area contributed by atoms with E-state index < -0.39 is 23.6 Å². The van der Waals surface area contributed by atoms with E-state index in [1.54, 1.807) is 11.3 Å². The monoisotopic (exact) mass is 444 g/mol. The molecule has 1 aliphatic rings. The van der Waals surface area contributed by atoms with Crippen LogP contribution in [0.25, 0.3) is 10.4 Å². The number of rotatable bonds is 5. The molecule has 0 saturated carbocycles. The Morgan fingerprint density at radius 1 is 1.29 bits per heavy atom. The normalized spacial score (nSPS) is 21.1. The first-order valence-electron chi connectivity index (χ1n) is 10.5. The molecule has 0 spiro atoms. The SMILES string of the molecule is Cc1ncsc1-c1ccc(C(C)NC(=O)[C@@H]2C[C@H](O)CN2C(=O)C(N)C(C)(C)C)cc1. The molecule has 1 aliphatic heterocycles. The fourth-order valence-electron chi connectivity index (χ4n) is 3.75. The number of nitrogens with zero attached hydrogens (tertiary/aromatic N) is 2.